The van der Waals surface area contributed by atoms with E-state index in [0.29, 0.717) is 0 Å². The number of benzene rings is 1. The summed E-state index contributed by atoms with van der Waals surface area (Å²) in [6, 6.07) is 2.55. The lowest BCUT2D eigenvalue weighted by Crippen LogP contribution is -2.31. The van der Waals surface area contributed by atoms with Gasteiger partial charge in [0.1, 0.15) is 0 Å². The molecule has 1 atom stereocenters. The number of carbonyl (C=O) groups is 2. The normalized spacial score (nSPS) is 19.9. The van der Waals surface area contributed by atoms with Gasteiger partial charge in [-0.2, -0.15) is 13.2 Å². The summed E-state index contributed by atoms with van der Waals surface area (Å²) < 4.78 is 38.1. The molecular weight excluding hydrogens is 362 g/mol. The van der Waals surface area contributed by atoms with E-state index < -0.39 is 29.5 Å². The Kier molecular flexibility index (Phi) is 4.11. The van der Waals surface area contributed by atoms with Crippen LogP contribution in [0.1, 0.15) is 12.0 Å². The first kappa shape index (κ1) is 15.3. The number of anilines is 1. The van der Waals surface area contributed by atoms with Crippen LogP contribution in [0.3, 0.4) is 0 Å². The Morgan fingerprint density at radius 2 is 2.00 bits per heavy atom. The maximum Gasteiger partial charge on any atom is 0.416 e. The minimum atomic E-state index is -4.57. The van der Waals surface area contributed by atoms with E-state index in [0.717, 1.165) is 23.1 Å². The minimum absolute atomic E-state index is 0.0450. The van der Waals surface area contributed by atoms with Crippen LogP contribution in [0.4, 0.5) is 18.9 Å². The van der Waals surface area contributed by atoms with Crippen molar-refractivity contribution < 1.29 is 22.8 Å². The van der Waals surface area contributed by atoms with E-state index >= 15 is 0 Å². The molecule has 0 bridgehead atoms. The largest absolute Gasteiger partial charge is 0.416 e. The molecule has 2 rings (SSSR count). The fraction of sp³-hybridized carbons (Fsp3) is 0.333. The van der Waals surface area contributed by atoms with E-state index in [1.165, 1.54) is 0 Å². The molecule has 0 radical (unpaired) electrons. The Balaban J connectivity index is 2.47. The smallest absolute Gasteiger partial charge is 0.274 e. The van der Waals surface area contributed by atoms with Crippen molar-refractivity contribution in [1.82, 2.24) is 0 Å². The maximum absolute atomic E-state index is 12.7. The lowest BCUT2D eigenvalue weighted by molar-refractivity contribution is -0.137. The predicted molar refractivity (Wildman–Crippen MR) is 70.8 cm³/mol. The molecule has 1 saturated heterocycles. The van der Waals surface area contributed by atoms with Gasteiger partial charge in [-0.15, -0.1) is 0 Å². The van der Waals surface area contributed by atoms with Crippen molar-refractivity contribution in [1.29, 1.82) is 0 Å². The number of carbonyl (C=O) groups excluding carboxylic acids is 2. The van der Waals surface area contributed by atoms with Gasteiger partial charge in [0.05, 0.1) is 22.2 Å². The molecule has 1 aliphatic rings. The standard InChI is InChI=1S/C12H8BrClF3NO2/c13-5-6-3-10(19)18(11(6)20)9-4-7(12(15,16)17)1-2-8(9)14/h1-2,4,6H,3,5H2. The number of hydrogen-bond acceptors (Lipinski definition) is 2. The number of halogens is 5. The monoisotopic (exact) mass is 369 g/mol. The fourth-order valence-corrected chi connectivity index (χ4v) is 2.64. The number of amides is 2. The van der Waals surface area contributed by atoms with Crippen LogP contribution in [0.5, 0.6) is 0 Å². The molecule has 1 aromatic rings. The topological polar surface area (TPSA) is 37.4 Å². The molecule has 2 amide bonds. The Morgan fingerprint density at radius 1 is 1.35 bits per heavy atom. The van der Waals surface area contributed by atoms with Gasteiger partial charge in [-0.3, -0.25) is 9.59 Å². The van der Waals surface area contributed by atoms with Gasteiger partial charge in [0.15, 0.2) is 0 Å². The van der Waals surface area contributed by atoms with Crippen molar-refractivity contribution in [3.05, 3.63) is 28.8 Å². The number of rotatable bonds is 2. The number of hydrogen-bond donors (Lipinski definition) is 0. The average molecular weight is 371 g/mol. The fourth-order valence-electron chi connectivity index (χ4n) is 1.93. The molecule has 1 aromatic carbocycles. The molecule has 108 valence electrons. The summed E-state index contributed by atoms with van der Waals surface area (Å²) in [4.78, 5) is 24.5. The van der Waals surface area contributed by atoms with E-state index in [9.17, 15) is 22.8 Å². The van der Waals surface area contributed by atoms with Crippen LogP contribution in [-0.4, -0.2) is 17.1 Å². The molecular formula is C12H8BrClF3NO2. The minimum Gasteiger partial charge on any atom is -0.274 e. The van der Waals surface area contributed by atoms with E-state index in [2.05, 4.69) is 15.9 Å². The molecule has 0 aliphatic carbocycles. The van der Waals surface area contributed by atoms with Gasteiger partial charge in [0.2, 0.25) is 11.8 Å². The highest BCUT2D eigenvalue weighted by molar-refractivity contribution is 9.09. The van der Waals surface area contributed by atoms with Crippen LogP contribution in [0, 0.1) is 5.92 Å². The van der Waals surface area contributed by atoms with E-state index in [1.807, 2.05) is 0 Å². The lowest BCUT2D eigenvalue weighted by atomic mass is 10.1. The summed E-state index contributed by atoms with van der Waals surface area (Å²) in [5.74, 6) is -1.68. The van der Waals surface area contributed by atoms with E-state index in [4.69, 9.17) is 11.6 Å². The van der Waals surface area contributed by atoms with Crippen molar-refractivity contribution in [2.75, 3.05) is 10.2 Å². The highest BCUT2D eigenvalue weighted by Crippen LogP contribution is 2.38. The van der Waals surface area contributed by atoms with Gasteiger partial charge in [-0.05, 0) is 18.2 Å². The summed E-state index contributed by atoms with van der Waals surface area (Å²) in [5.41, 5.74) is -1.18. The van der Waals surface area contributed by atoms with Gasteiger partial charge in [-0.1, -0.05) is 27.5 Å². The van der Waals surface area contributed by atoms with Crippen LogP contribution in [-0.2, 0) is 15.8 Å². The van der Waals surface area contributed by atoms with E-state index in [-0.39, 0.29) is 22.5 Å². The Bertz CT molecular complexity index is 576. The maximum atomic E-state index is 12.7. The molecule has 0 saturated carbocycles. The summed E-state index contributed by atoms with van der Waals surface area (Å²) in [6.45, 7) is 0. The van der Waals surface area contributed by atoms with Crippen molar-refractivity contribution in [3.8, 4) is 0 Å². The van der Waals surface area contributed by atoms with Crippen molar-refractivity contribution in [2.45, 2.75) is 12.6 Å². The van der Waals surface area contributed by atoms with E-state index in [1.54, 1.807) is 0 Å². The first-order chi connectivity index (χ1) is 9.25. The van der Waals surface area contributed by atoms with Gasteiger partial charge >= 0.3 is 6.18 Å². The van der Waals surface area contributed by atoms with Gasteiger partial charge < -0.3 is 0 Å². The van der Waals surface area contributed by atoms with Gasteiger partial charge in [-0.25, -0.2) is 4.90 Å². The van der Waals surface area contributed by atoms with Crippen molar-refractivity contribution in [3.63, 3.8) is 0 Å². The third kappa shape index (κ3) is 2.69. The van der Waals surface area contributed by atoms with Crippen molar-refractivity contribution in [2.24, 2.45) is 5.92 Å². The molecule has 20 heavy (non-hydrogen) atoms. The quantitative estimate of drug-likeness (QED) is 0.589. The SMILES string of the molecule is O=C1CC(CBr)C(=O)N1c1cc(C(F)(F)F)ccc1Cl. The zero-order valence-corrected chi connectivity index (χ0v) is 12.2. The second-order valence-corrected chi connectivity index (χ2v) is 5.34. The molecule has 8 heteroatoms. The van der Waals surface area contributed by atoms with Gasteiger partial charge in [0, 0.05) is 11.8 Å². The highest BCUT2D eigenvalue weighted by Gasteiger charge is 2.40. The van der Waals surface area contributed by atoms with Crippen LogP contribution < -0.4 is 4.90 Å². The van der Waals surface area contributed by atoms with Crippen LogP contribution >= 0.6 is 27.5 Å². The third-order valence-electron chi connectivity index (χ3n) is 2.94. The summed E-state index contributed by atoms with van der Waals surface area (Å²) in [7, 11) is 0. The third-order valence-corrected chi connectivity index (χ3v) is 4.04. The zero-order chi connectivity index (χ0) is 15.1. The molecule has 0 aromatic heterocycles. The number of alkyl halides is 4. The molecule has 1 fully saturated rings. The molecule has 1 heterocycles. The second-order valence-electron chi connectivity index (χ2n) is 4.29. The Hall–Kier alpha value is -1.08. The van der Waals surface area contributed by atoms with Gasteiger partial charge in [0.25, 0.3) is 0 Å². The Labute approximate surface area is 125 Å². The molecule has 0 N–H and O–H groups in total. The molecule has 3 nitrogen and oxygen atoms in total. The number of imide groups is 1. The first-order valence-corrected chi connectivity index (χ1v) is 7.05. The average Bonchev–Trinajstić information content (AvgIpc) is 2.64. The predicted octanol–water partition coefficient (Wildman–Crippen LogP) is 3.63. The summed E-state index contributed by atoms with van der Waals surface area (Å²) in [5, 5.41) is 0.194. The van der Waals surface area contributed by atoms with Crippen LogP contribution in [0.15, 0.2) is 18.2 Å². The molecule has 1 aliphatic heterocycles. The first-order valence-electron chi connectivity index (χ1n) is 5.55. The second kappa shape index (κ2) is 5.37. The Morgan fingerprint density at radius 3 is 2.50 bits per heavy atom. The molecule has 1 unspecified atom stereocenters. The van der Waals surface area contributed by atoms with Crippen molar-refractivity contribution >= 4 is 45.0 Å². The number of nitrogens with zero attached hydrogens (tertiary/aromatic N) is 1. The molecule has 0 spiro atoms. The van der Waals surface area contributed by atoms with Crippen LogP contribution in [0.2, 0.25) is 5.02 Å². The zero-order valence-electron chi connectivity index (χ0n) is 9.88. The lowest BCUT2D eigenvalue weighted by Gasteiger charge is -2.18. The summed E-state index contributed by atoms with van der Waals surface area (Å²) in [6.07, 6.45) is -4.61. The highest BCUT2D eigenvalue weighted by atomic mass is 79.9. The summed E-state index contributed by atoms with van der Waals surface area (Å²) >= 11 is 8.92. The van der Waals surface area contributed by atoms with Crippen LogP contribution in [0.25, 0.3) is 0 Å².